The number of carbonyl (C=O) groups is 2. The summed E-state index contributed by atoms with van der Waals surface area (Å²) in [4.78, 5) is 22.1. The smallest absolute Gasteiger partial charge is 0.310 e. The third-order valence-corrected chi connectivity index (χ3v) is 2.04. The summed E-state index contributed by atoms with van der Waals surface area (Å²) in [5, 5.41) is 2.97. The van der Waals surface area contributed by atoms with E-state index in [4.69, 9.17) is 0 Å². The Morgan fingerprint density at radius 1 is 1.46 bits per heavy atom. The van der Waals surface area contributed by atoms with Gasteiger partial charge >= 0.3 is 11.9 Å². The second-order valence-electron chi connectivity index (χ2n) is 2.92. The largest absolute Gasteiger partial charge is 0.469 e. The zero-order chi connectivity index (χ0) is 9.84. The van der Waals surface area contributed by atoms with Crippen molar-refractivity contribution in [1.82, 2.24) is 5.32 Å². The van der Waals surface area contributed by atoms with E-state index in [2.05, 4.69) is 14.8 Å². The highest BCUT2D eigenvalue weighted by atomic mass is 16.5. The second-order valence-corrected chi connectivity index (χ2v) is 2.92. The molecule has 0 aromatic carbocycles. The average Bonchev–Trinajstić information content (AvgIpc) is 2.95. The van der Waals surface area contributed by atoms with Crippen LogP contribution in [0.3, 0.4) is 0 Å². The molecule has 1 saturated heterocycles. The van der Waals surface area contributed by atoms with Crippen LogP contribution in [0.2, 0.25) is 0 Å². The summed E-state index contributed by atoms with van der Waals surface area (Å²) in [5.41, 5.74) is 0. The van der Waals surface area contributed by atoms with E-state index < -0.39 is 5.92 Å². The van der Waals surface area contributed by atoms with Crippen LogP contribution in [0, 0.1) is 5.92 Å². The third kappa shape index (κ3) is 2.69. The topological polar surface area (TPSA) is 74.5 Å². The van der Waals surface area contributed by atoms with Crippen LogP contribution in [-0.2, 0) is 19.1 Å². The highest BCUT2D eigenvalue weighted by Crippen LogP contribution is 2.18. The Hall–Kier alpha value is -1.10. The molecule has 0 aromatic heterocycles. The van der Waals surface area contributed by atoms with Gasteiger partial charge < -0.3 is 14.8 Å². The van der Waals surface area contributed by atoms with Gasteiger partial charge in [-0.1, -0.05) is 0 Å². The van der Waals surface area contributed by atoms with Gasteiger partial charge in [0, 0.05) is 12.6 Å². The minimum absolute atomic E-state index is 0.0755. The van der Waals surface area contributed by atoms with Crippen LogP contribution in [-0.4, -0.2) is 38.7 Å². The van der Waals surface area contributed by atoms with Crippen LogP contribution in [0.5, 0.6) is 0 Å². The summed E-state index contributed by atoms with van der Waals surface area (Å²) in [6.45, 7) is 0.761. The highest BCUT2D eigenvalue weighted by Gasteiger charge is 2.38. The summed E-state index contributed by atoms with van der Waals surface area (Å²) in [6.07, 6.45) is 0.0842. The number of methoxy groups -OCH3 is 2. The molecule has 1 rings (SSSR count). The van der Waals surface area contributed by atoms with Crippen molar-refractivity contribution in [2.75, 3.05) is 20.8 Å². The molecule has 0 amide bonds. The lowest BCUT2D eigenvalue weighted by atomic mass is 10.0. The van der Waals surface area contributed by atoms with Gasteiger partial charge in [0.1, 0.15) is 0 Å². The van der Waals surface area contributed by atoms with Gasteiger partial charge in [0.05, 0.1) is 26.6 Å². The molecule has 2 atom stereocenters. The summed E-state index contributed by atoms with van der Waals surface area (Å²) in [6, 6.07) is 0.0755. The molecule has 5 nitrogen and oxygen atoms in total. The van der Waals surface area contributed by atoms with E-state index in [0.717, 1.165) is 6.54 Å². The molecule has 5 heteroatoms. The van der Waals surface area contributed by atoms with Gasteiger partial charge in [0.2, 0.25) is 0 Å². The molecular formula is C8H13NO4. The van der Waals surface area contributed by atoms with Crippen LogP contribution >= 0.6 is 0 Å². The van der Waals surface area contributed by atoms with Crippen molar-refractivity contribution in [3.63, 3.8) is 0 Å². The molecule has 1 aliphatic heterocycles. The molecule has 0 bridgehead atoms. The van der Waals surface area contributed by atoms with Crippen LogP contribution in [0.25, 0.3) is 0 Å². The molecule has 0 spiro atoms. The molecule has 0 unspecified atom stereocenters. The maximum Gasteiger partial charge on any atom is 0.310 e. The predicted molar refractivity (Wildman–Crippen MR) is 43.9 cm³/mol. The SMILES string of the molecule is COC(=O)C[C@@H](C(=O)OC)[C@H]1CN1. The summed E-state index contributed by atoms with van der Waals surface area (Å²) in [7, 11) is 2.62. The second kappa shape index (κ2) is 4.23. The first kappa shape index (κ1) is 9.98. The Morgan fingerprint density at radius 3 is 2.46 bits per heavy atom. The Morgan fingerprint density at radius 2 is 2.08 bits per heavy atom. The maximum atomic E-state index is 11.2. The van der Waals surface area contributed by atoms with Crippen molar-refractivity contribution >= 4 is 11.9 Å². The van der Waals surface area contributed by atoms with Crippen LogP contribution in [0.1, 0.15) is 6.42 Å². The third-order valence-electron chi connectivity index (χ3n) is 2.04. The standard InChI is InChI=1S/C8H13NO4/c1-12-7(10)3-5(6-4-9-6)8(11)13-2/h5-6,9H,3-4H2,1-2H3/t5-,6-/m1/s1. The zero-order valence-electron chi connectivity index (χ0n) is 7.70. The van der Waals surface area contributed by atoms with Gasteiger partial charge in [-0.3, -0.25) is 9.59 Å². The van der Waals surface area contributed by atoms with Crippen molar-refractivity contribution < 1.29 is 19.1 Å². The average molecular weight is 187 g/mol. The quantitative estimate of drug-likeness (QED) is 0.466. The fourth-order valence-electron chi connectivity index (χ4n) is 1.16. The Kier molecular flexibility index (Phi) is 3.25. The predicted octanol–water partition coefficient (Wildman–Crippen LogP) is -0.690. The lowest BCUT2D eigenvalue weighted by Gasteiger charge is -2.10. The summed E-state index contributed by atoms with van der Waals surface area (Å²) >= 11 is 0. The summed E-state index contributed by atoms with van der Waals surface area (Å²) < 4.78 is 9.05. The fraction of sp³-hybridized carbons (Fsp3) is 0.750. The van der Waals surface area contributed by atoms with Crippen LogP contribution in [0.15, 0.2) is 0 Å². The number of hydrogen-bond donors (Lipinski definition) is 1. The van der Waals surface area contributed by atoms with Crippen molar-refractivity contribution in [2.24, 2.45) is 5.92 Å². The van der Waals surface area contributed by atoms with Crippen molar-refractivity contribution in [3.8, 4) is 0 Å². The molecule has 74 valence electrons. The lowest BCUT2D eigenvalue weighted by molar-refractivity contribution is -0.152. The van der Waals surface area contributed by atoms with Crippen LogP contribution < -0.4 is 5.32 Å². The number of hydrogen-bond acceptors (Lipinski definition) is 5. The first-order chi connectivity index (χ1) is 6.19. The van der Waals surface area contributed by atoms with Crippen LogP contribution in [0.4, 0.5) is 0 Å². The van der Waals surface area contributed by atoms with Gasteiger partial charge in [-0.05, 0) is 0 Å². The van der Waals surface area contributed by atoms with Crippen molar-refractivity contribution in [2.45, 2.75) is 12.5 Å². The minimum Gasteiger partial charge on any atom is -0.469 e. The number of ether oxygens (including phenoxy) is 2. The lowest BCUT2D eigenvalue weighted by Crippen LogP contribution is -2.26. The zero-order valence-corrected chi connectivity index (χ0v) is 7.70. The number of rotatable bonds is 4. The number of esters is 2. The van der Waals surface area contributed by atoms with Crippen molar-refractivity contribution in [1.29, 1.82) is 0 Å². The number of carbonyl (C=O) groups excluding carboxylic acids is 2. The van der Waals surface area contributed by atoms with E-state index in [-0.39, 0.29) is 24.4 Å². The van der Waals surface area contributed by atoms with Gasteiger partial charge in [-0.2, -0.15) is 0 Å². The van der Waals surface area contributed by atoms with Crippen molar-refractivity contribution in [3.05, 3.63) is 0 Å². The maximum absolute atomic E-state index is 11.2. The monoisotopic (exact) mass is 187 g/mol. The van der Waals surface area contributed by atoms with Gasteiger partial charge in [0.25, 0.3) is 0 Å². The molecule has 13 heavy (non-hydrogen) atoms. The summed E-state index contributed by atoms with van der Waals surface area (Å²) in [5.74, 6) is -1.15. The van der Waals surface area contributed by atoms with E-state index in [1.54, 1.807) is 0 Å². The van der Waals surface area contributed by atoms with E-state index in [1.165, 1.54) is 14.2 Å². The molecule has 1 aliphatic rings. The normalized spacial score (nSPS) is 21.8. The van der Waals surface area contributed by atoms with E-state index in [1.807, 2.05) is 0 Å². The highest BCUT2D eigenvalue weighted by molar-refractivity contribution is 5.80. The molecule has 0 saturated carbocycles. The minimum atomic E-state index is -0.405. The Bertz CT molecular complexity index is 212. The number of nitrogens with one attached hydrogen (secondary N) is 1. The van der Waals surface area contributed by atoms with Gasteiger partial charge in [-0.15, -0.1) is 0 Å². The molecule has 0 aliphatic carbocycles. The van der Waals surface area contributed by atoms with Gasteiger partial charge in [0.15, 0.2) is 0 Å². The molecular weight excluding hydrogens is 174 g/mol. The molecule has 0 radical (unpaired) electrons. The molecule has 0 aromatic rings. The van der Waals surface area contributed by atoms with Gasteiger partial charge in [-0.25, -0.2) is 0 Å². The first-order valence-electron chi connectivity index (χ1n) is 4.07. The Labute approximate surface area is 76.4 Å². The van der Waals surface area contributed by atoms with E-state index in [0.29, 0.717) is 0 Å². The first-order valence-corrected chi connectivity index (χ1v) is 4.07. The molecule has 1 N–H and O–H groups in total. The molecule has 1 fully saturated rings. The van der Waals surface area contributed by atoms with E-state index >= 15 is 0 Å². The Balaban J connectivity index is 2.47. The van der Waals surface area contributed by atoms with E-state index in [9.17, 15) is 9.59 Å². The molecule has 1 heterocycles. The fourth-order valence-corrected chi connectivity index (χ4v) is 1.16.